The summed E-state index contributed by atoms with van der Waals surface area (Å²) >= 11 is 0. The molecule has 1 fully saturated rings. The Bertz CT molecular complexity index is 910. The van der Waals surface area contributed by atoms with Crippen molar-refractivity contribution in [2.24, 2.45) is 17.3 Å². The topological polar surface area (TPSA) is 48.4 Å². The number of carbonyl (C=O) groups excluding carboxylic acids is 1. The van der Waals surface area contributed by atoms with Crippen LogP contribution in [0, 0.1) is 17.3 Å². The van der Waals surface area contributed by atoms with Crippen molar-refractivity contribution in [1.29, 1.82) is 0 Å². The van der Waals surface area contributed by atoms with Crippen LogP contribution in [-0.2, 0) is 16.1 Å². The number of alkyl halides is 3. The normalized spacial score (nSPS) is 20.8. The summed E-state index contributed by atoms with van der Waals surface area (Å²) in [6.07, 6.45) is -4.60. The summed E-state index contributed by atoms with van der Waals surface area (Å²) in [5.74, 6) is -3.71. The molecule has 1 aliphatic carbocycles. The van der Waals surface area contributed by atoms with Crippen molar-refractivity contribution in [3.63, 3.8) is 0 Å². The molecule has 154 valence electrons. The lowest BCUT2D eigenvalue weighted by molar-refractivity contribution is -0.147. The molecule has 1 aliphatic rings. The molecule has 0 radical (unpaired) electrons. The summed E-state index contributed by atoms with van der Waals surface area (Å²) in [6.45, 7) is 3.02. The number of para-hydroxylation sites is 1. The SMILES string of the molecule is CC1(C)[C@@H](/C=C(\F)C(F)(F)F)[C@@H]1C(=O)OCc1cccc(Oc2ccccc2)n1. The molecule has 0 N–H and O–H groups in total. The summed E-state index contributed by atoms with van der Waals surface area (Å²) in [7, 11) is 0. The molecule has 1 aromatic carbocycles. The fourth-order valence-corrected chi connectivity index (χ4v) is 3.13. The van der Waals surface area contributed by atoms with E-state index < -0.39 is 35.2 Å². The number of hydrogen-bond acceptors (Lipinski definition) is 4. The summed E-state index contributed by atoms with van der Waals surface area (Å²) in [4.78, 5) is 16.5. The van der Waals surface area contributed by atoms with Crippen LogP contribution in [0.25, 0.3) is 0 Å². The lowest BCUT2D eigenvalue weighted by atomic mass is 10.1. The zero-order valence-corrected chi connectivity index (χ0v) is 15.7. The standard InChI is InChI=1S/C21H19F4NO3/c1-20(2)15(11-16(22)21(23,24)25)18(20)19(27)28-12-13-7-6-10-17(26-13)29-14-8-4-3-5-9-14/h3-11,15,18H,12H2,1-2H3/b16-11-/t15-,18+/m0/s1. The molecule has 0 aliphatic heterocycles. The lowest BCUT2D eigenvalue weighted by Crippen LogP contribution is -2.11. The van der Waals surface area contributed by atoms with Crippen LogP contribution >= 0.6 is 0 Å². The number of aromatic nitrogens is 1. The van der Waals surface area contributed by atoms with E-state index in [4.69, 9.17) is 9.47 Å². The molecule has 1 aromatic heterocycles. The number of halogens is 4. The van der Waals surface area contributed by atoms with E-state index in [0.29, 0.717) is 23.4 Å². The van der Waals surface area contributed by atoms with Crippen molar-refractivity contribution in [3.8, 4) is 11.6 Å². The van der Waals surface area contributed by atoms with Gasteiger partial charge in [0.1, 0.15) is 12.4 Å². The minimum atomic E-state index is -5.06. The van der Waals surface area contributed by atoms with Crippen LogP contribution in [-0.4, -0.2) is 17.1 Å². The fourth-order valence-electron chi connectivity index (χ4n) is 3.13. The molecule has 29 heavy (non-hydrogen) atoms. The molecule has 1 heterocycles. The van der Waals surface area contributed by atoms with Gasteiger partial charge in [-0.25, -0.2) is 9.37 Å². The van der Waals surface area contributed by atoms with E-state index in [1.54, 1.807) is 44.2 Å². The van der Waals surface area contributed by atoms with E-state index in [-0.39, 0.29) is 6.61 Å². The molecule has 4 nitrogen and oxygen atoms in total. The number of allylic oxidation sites excluding steroid dienone is 2. The van der Waals surface area contributed by atoms with Gasteiger partial charge in [-0.1, -0.05) is 38.1 Å². The first kappa shape index (κ1) is 20.8. The van der Waals surface area contributed by atoms with E-state index in [1.165, 1.54) is 0 Å². The summed E-state index contributed by atoms with van der Waals surface area (Å²) < 4.78 is 61.2. The Kier molecular flexibility index (Phi) is 5.64. The Morgan fingerprint density at radius 2 is 1.83 bits per heavy atom. The zero-order valence-electron chi connectivity index (χ0n) is 15.7. The number of nitrogens with zero attached hydrogens (tertiary/aromatic N) is 1. The Balaban J connectivity index is 1.60. The molecule has 0 saturated heterocycles. The minimum absolute atomic E-state index is 0.171. The molecular formula is C21H19F4NO3. The van der Waals surface area contributed by atoms with Gasteiger partial charge >= 0.3 is 12.1 Å². The number of pyridine rings is 1. The molecule has 0 bridgehead atoms. The van der Waals surface area contributed by atoms with Crippen LogP contribution in [0.5, 0.6) is 11.6 Å². The van der Waals surface area contributed by atoms with Crippen molar-refractivity contribution < 1.29 is 31.8 Å². The Morgan fingerprint density at radius 1 is 1.14 bits per heavy atom. The van der Waals surface area contributed by atoms with E-state index in [2.05, 4.69) is 4.98 Å². The van der Waals surface area contributed by atoms with Crippen LogP contribution in [0.15, 0.2) is 60.4 Å². The van der Waals surface area contributed by atoms with E-state index >= 15 is 0 Å². The summed E-state index contributed by atoms with van der Waals surface area (Å²) in [5, 5.41) is 0. The van der Waals surface area contributed by atoms with Crippen LogP contribution in [0.1, 0.15) is 19.5 Å². The van der Waals surface area contributed by atoms with Crippen molar-refractivity contribution in [2.75, 3.05) is 0 Å². The van der Waals surface area contributed by atoms with Crippen molar-refractivity contribution in [1.82, 2.24) is 4.98 Å². The number of carbonyl (C=O) groups is 1. The van der Waals surface area contributed by atoms with E-state index in [1.807, 2.05) is 18.2 Å². The number of benzene rings is 1. The minimum Gasteiger partial charge on any atom is -0.459 e. The third-order valence-corrected chi connectivity index (χ3v) is 4.87. The largest absolute Gasteiger partial charge is 0.459 e. The van der Waals surface area contributed by atoms with Gasteiger partial charge < -0.3 is 9.47 Å². The first-order chi connectivity index (χ1) is 13.6. The Labute approximate surface area is 165 Å². The molecular weight excluding hydrogens is 390 g/mol. The maximum absolute atomic E-state index is 13.2. The van der Waals surface area contributed by atoms with Crippen LogP contribution in [0.4, 0.5) is 17.6 Å². The van der Waals surface area contributed by atoms with E-state index in [0.717, 1.165) is 0 Å². The predicted octanol–water partition coefficient (Wildman–Crippen LogP) is 5.61. The molecule has 1 saturated carbocycles. The third kappa shape index (κ3) is 4.93. The van der Waals surface area contributed by atoms with Gasteiger partial charge in [-0.2, -0.15) is 13.2 Å². The summed E-state index contributed by atoms with van der Waals surface area (Å²) in [6, 6.07) is 13.9. The molecule has 2 aromatic rings. The van der Waals surface area contributed by atoms with Crippen LogP contribution in [0.2, 0.25) is 0 Å². The van der Waals surface area contributed by atoms with Gasteiger partial charge in [0.05, 0.1) is 11.6 Å². The second-order valence-corrected chi connectivity index (χ2v) is 7.33. The quantitative estimate of drug-likeness (QED) is 0.460. The highest BCUT2D eigenvalue weighted by molar-refractivity contribution is 5.78. The average molecular weight is 409 g/mol. The number of ether oxygens (including phenoxy) is 2. The maximum atomic E-state index is 13.2. The van der Waals surface area contributed by atoms with Gasteiger partial charge in [0.25, 0.3) is 0 Å². The fraction of sp³-hybridized carbons (Fsp3) is 0.333. The monoisotopic (exact) mass is 409 g/mol. The Hall–Kier alpha value is -2.90. The van der Waals surface area contributed by atoms with Gasteiger partial charge in [-0.15, -0.1) is 0 Å². The molecule has 2 atom stereocenters. The van der Waals surface area contributed by atoms with Gasteiger partial charge in [0, 0.05) is 6.07 Å². The molecule has 0 amide bonds. The van der Waals surface area contributed by atoms with Crippen molar-refractivity contribution in [3.05, 3.63) is 66.1 Å². The van der Waals surface area contributed by atoms with E-state index in [9.17, 15) is 22.4 Å². The molecule has 0 spiro atoms. The second kappa shape index (κ2) is 7.85. The first-order valence-electron chi connectivity index (χ1n) is 8.89. The van der Waals surface area contributed by atoms with Crippen molar-refractivity contribution >= 4 is 5.97 Å². The van der Waals surface area contributed by atoms with Crippen LogP contribution < -0.4 is 4.74 Å². The number of esters is 1. The van der Waals surface area contributed by atoms with Gasteiger partial charge in [0.2, 0.25) is 5.88 Å². The smallest absolute Gasteiger partial charge is 0.442 e. The number of hydrogen-bond donors (Lipinski definition) is 0. The predicted molar refractivity (Wildman–Crippen MR) is 96.6 cm³/mol. The molecule has 3 rings (SSSR count). The van der Waals surface area contributed by atoms with Gasteiger partial charge in [-0.3, -0.25) is 4.79 Å². The average Bonchev–Trinajstić information content (AvgIpc) is 3.20. The van der Waals surface area contributed by atoms with Gasteiger partial charge in [-0.05, 0) is 35.6 Å². The highest BCUT2D eigenvalue weighted by atomic mass is 19.4. The third-order valence-electron chi connectivity index (χ3n) is 4.87. The second-order valence-electron chi connectivity index (χ2n) is 7.33. The highest BCUT2D eigenvalue weighted by Crippen LogP contribution is 2.60. The highest BCUT2D eigenvalue weighted by Gasteiger charge is 2.62. The lowest BCUT2D eigenvalue weighted by Gasteiger charge is -2.08. The Morgan fingerprint density at radius 3 is 2.48 bits per heavy atom. The van der Waals surface area contributed by atoms with Crippen molar-refractivity contribution in [2.45, 2.75) is 26.6 Å². The zero-order chi connectivity index (χ0) is 21.2. The maximum Gasteiger partial charge on any atom is 0.442 e. The van der Waals surface area contributed by atoms with Crippen LogP contribution in [0.3, 0.4) is 0 Å². The first-order valence-corrected chi connectivity index (χ1v) is 8.89. The molecule has 0 unspecified atom stereocenters. The number of rotatable bonds is 6. The molecule has 8 heteroatoms. The summed E-state index contributed by atoms with van der Waals surface area (Å²) in [5.41, 5.74) is -0.399. The van der Waals surface area contributed by atoms with Gasteiger partial charge in [0.15, 0.2) is 5.83 Å².